The van der Waals surface area contributed by atoms with Crippen LogP contribution in [0.4, 0.5) is 8.78 Å². The van der Waals surface area contributed by atoms with Crippen molar-refractivity contribution < 1.29 is 8.78 Å². The lowest BCUT2D eigenvalue weighted by Gasteiger charge is -2.20. The predicted octanol–water partition coefficient (Wildman–Crippen LogP) is 3.52. The van der Waals surface area contributed by atoms with Crippen molar-refractivity contribution in [2.75, 3.05) is 13.6 Å². The molecule has 0 rings (SSSR count). The molecule has 0 aliphatic carbocycles. The van der Waals surface area contributed by atoms with E-state index in [0.717, 1.165) is 12.6 Å². The lowest BCUT2D eigenvalue weighted by atomic mass is 10.2. The monoisotopic (exact) mass is 193 g/mol. The molecule has 0 heterocycles. The van der Waals surface area contributed by atoms with Gasteiger partial charge in [-0.1, -0.05) is 20.4 Å². The van der Waals surface area contributed by atoms with E-state index < -0.39 is 5.92 Å². The van der Waals surface area contributed by atoms with E-state index in [-0.39, 0.29) is 6.42 Å². The second-order valence-corrected chi connectivity index (χ2v) is 2.98. The van der Waals surface area contributed by atoms with Gasteiger partial charge in [0.2, 0.25) is 5.92 Å². The minimum absolute atomic E-state index is 0.115. The quantitative estimate of drug-likeness (QED) is 0.660. The van der Waals surface area contributed by atoms with Crippen LogP contribution in [0.2, 0.25) is 0 Å². The topological polar surface area (TPSA) is 3.24 Å². The highest BCUT2D eigenvalue weighted by molar-refractivity contribution is 4.86. The van der Waals surface area contributed by atoms with Crippen LogP contribution in [0.3, 0.4) is 0 Å². The second kappa shape index (κ2) is 6.87. The van der Waals surface area contributed by atoms with Crippen molar-refractivity contribution in [3.63, 3.8) is 0 Å². The molecule has 0 bridgehead atoms. The summed E-state index contributed by atoms with van der Waals surface area (Å²) in [6, 6.07) is 0. The first kappa shape index (κ1) is 14.9. The van der Waals surface area contributed by atoms with Gasteiger partial charge in [0.05, 0.1) is 0 Å². The summed E-state index contributed by atoms with van der Waals surface area (Å²) in [6.07, 6.45) is -0.115. The van der Waals surface area contributed by atoms with Gasteiger partial charge in [-0.2, -0.15) is 0 Å². The minimum Gasteiger partial charge on any atom is -0.378 e. The van der Waals surface area contributed by atoms with Crippen LogP contribution in [0.15, 0.2) is 12.3 Å². The van der Waals surface area contributed by atoms with Crippen LogP contribution in [0.25, 0.3) is 0 Å². The Labute approximate surface area is 80.4 Å². The van der Waals surface area contributed by atoms with Crippen LogP contribution in [-0.4, -0.2) is 24.4 Å². The molecule has 80 valence electrons. The summed E-state index contributed by atoms with van der Waals surface area (Å²) in [5.74, 6) is -2.57. The van der Waals surface area contributed by atoms with Gasteiger partial charge in [0.1, 0.15) is 0 Å². The van der Waals surface area contributed by atoms with Crippen molar-refractivity contribution in [1.82, 2.24) is 4.90 Å². The zero-order valence-corrected chi connectivity index (χ0v) is 9.32. The molecule has 0 radical (unpaired) electrons. The van der Waals surface area contributed by atoms with Crippen LogP contribution < -0.4 is 0 Å². The molecule has 0 saturated heterocycles. The van der Waals surface area contributed by atoms with Gasteiger partial charge in [0.15, 0.2) is 0 Å². The van der Waals surface area contributed by atoms with E-state index in [1.807, 2.05) is 13.8 Å². The zero-order valence-electron chi connectivity index (χ0n) is 9.32. The lowest BCUT2D eigenvalue weighted by molar-refractivity contribution is 0.00747. The third kappa shape index (κ3) is 11.4. The van der Waals surface area contributed by atoms with Gasteiger partial charge in [0, 0.05) is 25.7 Å². The Balaban J connectivity index is 0. The summed E-state index contributed by atoms with van der Waals surface area (Å²) in [7, 11) is 1.76. The predicted molar refractivity (Wildman–Crippen MR) is 54.0 cm³/mol. The molecule has 3 heteroatoms. The molecule has 0 N–H and O–H groups in total. The Morgan fingerprint density at radius 2 is 1.77 bits per heavy atom. The van der Waals surface area contributed by atoms with Crippen LogP contribution >= 0.6 is 0 Å². The van der Waals surface area contributed by atoms with Crippen LogP contribution in [0, 0.1) is 0 Å². The minimum atomic E-state index is -2.57. The summed E-state index contributed by atoms with van der Waals surface area (Å²) in [5, 5.41) is 0. The number of nitrogens with zero attached hydrogens (tertiary/aromatic N) is 1. The van der Waals surface area contributed by atoms with Crippen LogP contribution in [0.1, 0.15) is 34.1 Å². The number of alkyl halides is 2. The van der Waals surface area contributed by atoms with Crippen molar-refractivity contribution in [3.8, 4) is 0 Å². The fourth-order valence-corrected chi connectivity index (χ4v) is 0.555. The van der Waals surface area contributed by atoms with Crippen molar-refractivity contribution in [2.45, 2.75) is 40.0 Å². The highest BCUT2D eigenvalue weighted by Crippen LogP contribution is 2.17. The molecular weight excluding hydrogens is 172 g/mol. The molecule has 0 aliphatic heterocycles. The summed E-state index contributed by atoms with van der Waals surface area (Å²) >= 11 is 0. The normalized spacial score (nSPS) is 10.1. The van der Waals surface area contributed by atoms with E-state index in [4.69, 9.17) is 0 Å². The molecule has 0 fully saturated rings. The number of allylic oxidation sites excluding steroid dienone is 1. The Kier molecular flexibility index (Phi) is 7.87. The van der Waals surface area contributed by atoms with Gasteiger partial charge in [-0.3, -0.25) is 0 Å². The van der Waals surface area contributed by atoms with E-state index >= 15 is 0 Å². The SMILES string of the molecule is C=C(C)N(C)CCC(C)(F)F.CC. The molecule has 13 heavy (non-hydrogen) atoms. The number of halogens is 2. The van der Waals surface area contributed by atoms with Gasteiger partial charge in [-0.25, -0.2) is 8.78 Å². The first-order valence-electron chi connectivity index (χ1n) is 4.57. The number of rotatable bonds is 4. The smallest absolute Gasteiger partial charge is 0.247 e. The summed E-state index contributed by atoms with van der Waals surface area (Å²) in [6.45, 7) is 10.7. The molecule has 0 aromatic heterocycles. The Bertz CT molecular complexity index is 138. The lowest BCUT2D eigenvalue weighted by Crippen LogP contribution is -2.23. The summed E-state index contributed by atoms with van der Waals surface area (Å²) in [5.41, 5.74) is 0.814. The molecule has 0 atom stereocenters. The molecule has 0 amide bonds. The van der Waals surface area contributed by atoms with E-state index in [9.17, 15) is 8.78 Å². The highest BCUT2D eigenvalue weighted by atomic mass is 19.3. The Morgan fingerprint density at radius 3 is 2.00 bits per heavy atom. The fourth-order valence-electron chi connectivity index (χ4n) is 0.555. The maximum absolute atomic E-state index is 12.3. The van der Waals surface area contributed by atoms with Crippen LogP contribution in [0.5, 0.6) is 0 Å². The molecular formula is C10H21F2N. The summed E-state index contributed by atoms with van der Waals surface area (Å²) < 4.78 is 24.6. The summed E-state index contributed by atoms with van der Waals surface area (Å²) in [4.78, 5) is 1.72. The zero-order chi connectivity index (χ0) is 11.1. The van der Waals surface area contributed by atoms with Crippen molar-refractivity contribution in [3.05, 3.63) is 12.3 Å². The molecule has 1 nitrogen and oxygen atoms in total. The highest BCUT2D eigenvalue weighted by Gasteiger charge is 2.20. The Morgan fingerprint density at radius 1 is 1.38 bits per heavy atom. The van der Waals surface area contributed by atoms with Gasteiger partial charge in [0.25, 0.3) is 0 Å². The largest absolute Gasteiger partial charge is 0.378 e. The third-order valence-corrected chi connectivity index (χ3v) is 1.54. The van der Waals surface area contributed by atoms with E-state index in [1.54, 1.807) is 18.9 Å². The standard InChI is InChI=1S/C8H15F2N.C2H6/c1-7(2)11(4)6-5-8(3,9)10;1-2/h1,5-6H2,2-4H3;1-2H3. The number of hydrogen-bond donors (Lipinski definition) is 0. The molecule has 0 unspecified atom stereocenters. The van der Waals surface area contributed by atoms with Gasteiger partial charge in [-0.15, -0.1) is 0 Å². The molecule has 0 aromatic rings. The van der Waals surface area contributed by atoms with Crippen LogP contribution in [-0.2, 0) is 0 Å². The van der Waals surface area contributed by atoms with Crippen molar-refractivity contribution >= 4 is 0 Å². The maximum Gasteiger partial charge on any atom is 0.247 e. The van der Waals surface area contributed by atoms with E-state index in [2.05, 4.69) is 6.58 Å². The maximum atomic E-state index is 12.3. The van der Waals surface area contributed by atoms with Gasteiger partial charge >= 0.3 is 0 Å². The number of hydrogen-bond acceptors (Lipinski definition) is 1. The second-order valence-electron chi connectivity index (χ2n) is 2.98. The molecule has 0 aliphatic rings. The van der Waals surface area contributed by atoms with E-state index in [0.29, 0.717) is 6.54 Å². The van der Waals surface area contributed by atoms with Crippen molar-refractivity contribution in [1.29, 1.82) is 0 Å². The third-order valence-electron chi connectivity index (χ3n) is 1.54. The average molecular weight is 193 g/mol. The van der Waals surface area contributed by atoms with Gasteiger partial charge < -0.3 is 4.90 Å². The molecule has 0 spiro atoms. The average Bonchev–Trinajstić information content (AvgIpc) is 2.02. The Hall–Kier alpha value is -0.600. The first-order valence-corrected chi connectivity index (χ1v) is 4.57. The molecule has 0 aromatic carbocycles. The van der Waals surface area contributed by atoms with E-state index in [1.165, 1.54) is 0 Å². The first-order chi connectivity index (χ1) is 5.83. The van der Waals surface area contributed by atoms with Gasteiger partial charge in [-0.05, 0) is 13.8 Å². The van der Waals surface area contributed by atoms with Crippen molar-refractivity contribution in [2.24, 2.45) is 0 Å². The molecule has 0 saturated carbocycles. The fraction of sp³-hybridized carbons (Fsp3) is 0.800.